The first-order valence-electron chi connectivity index (χ1n) is 6.08. The number of hydrogen-bond acceptors (Lipinski definition) is 2. The van der Waals surface area contributed by atoms with E-state index in [1.807, 2.05) is 0 Å². The zero-order valence-corrected chi connectivity index (χ0v) is 9.76. The molecule has 0 saturated heterocycles. The molecule has 94 valence electrons. The quantitative estimate of drug-likeness (QED) is 0.785. The fraction of sp³-hybridized carbons (Fsp3) is 0.538. The molecule has 0 aromatic heterocycles. The molecular formula is C13H18F2N2. The minimum atomic E-state index is -2.46. The largest absolute Gasteiger partial charge is 0.397 e. The highest BCUT2D eigenvalue weighted by molar-refractivity contribution is 5.67. The molecule has 1 aromatic carbocycles. The number of hydrogen-bond donors (Lipinski definition) is 2. The van der Waals surface area contributed by atoms with E-state index in [1.165, 1.54) is 37.8 Å². The highest BCUT2D eigenvalue weighted by atomic mass is 19.3. The topological polar surface area (TPSA) is 38.0 Å². The van der Waals surface area contributed by atoms with Crippen LogP contribution in [0.2, 0.25) is 0 Å². The Labute approximate surface area is 100 Å². The van der Waals surface area contributed by atoms with Crippen LogP contribution in [-0.2, 0) is 0 Å². The van der Waals surface area contributed by atoms with E-state index in [0.717, 1.165) is 12.2 Å². The third kappa shape index (κ3) is 3.08. The number of benzene rings is 1. The van der Waals surface area contributed by atoms with E-state index in [0.29, 0.717) is 11.6 Å². The van der Waals surface area contributed by atoms with Gasteiger partial charge in [0.05, 0.1) is 11.4 Å². The molecule has 1 fully saturated rings. The number of nitrogen functional groups attached to an aromatic ring is 1. The number of nitrogens with one attached hydrogen (secondary N) is 1. The number of anilines is 2. The zero-order valence-electron chi connectivity index (χ0n) is 9.76. The van der Waals surface area contributed by atoms with Crippen LogP contribution in [-0.4, -0.2) is 6.54 Å². The molecule has 3 N–H and O–H groups in total. The summed E-state index contributed by atoms with van der Waals surface area (Å²) < 4.78 is 24.9. The van der Waals surface area contributed by atoms with E-state index in [9.17, 15) is 8.78 Å². The minimum Gasteiger partial charge on any atom is -0.397 e. The molecule has 2 nitrogen and oxygen atoms in total. The van der Waals surface area contributed by atoms with E-state index in [2.05, 4.69) is 5.32 Å². The van der Waals surface area contributed by atoms with Gasteiger partial charge in [-0.3, -0.25) is 0 Å². The van der Waals surface area contributed by atoms with E-state index in [4.69, 9.17) is 5.73 Å². The summed E-state index contributed by atoms with van der Waals surface area (Å²) >= 11 is 0. The van der Waals surface area contributed by atoms with Crippen LogP contribution >= 0.6 is 0 Å². The molecule has 1 aliphatic rings. The Morgan fingerprint density at radius 2 is 2.00 bits per heavy atom. The van der Waals surface area contributed by atoms with Crippen LogP contribution in [0, 0.1) is 5.92 Å². The summed E-state index contributed by atoms with van der Waals surface area (Å²) in [6, 6.07) is 4.42. The maximum atomic E-state index is 12.4. The van der Waals surface area contributed by atoms with Gasteiger partial charge in [0.15, 0.2) is 0 Å². The van der Waals surface area contributed by atoms with Gasteiger partial charge in [-0.05, 0) is 30.9 Å². The van der Waals surface area contributed by atoms with E-state index in [1.54, 1.807) is 6.07 Å². The third-order valence-electron chi connectivity index (χ3n) is 3.38. The lowest BCUT2D eigenvalue weighted by molar-refractivity contribution is 0.151. The normalized spacial score (nSPS) is 16.6. The average molecular weight is 240 g/mol. The maximum Gasteiger partial charge on any atom is 0.263 e. The van der Waals surface area contributed by atoms with Crippen molar-refractivity contribution in [3.05, 3.63) is 23.8 Å². The van der Waals surface area contributed by atoms with E-state index >= 15 is 0 Å². The van der Waals surface area contributed by atoms with Crippen molar-refractivity contribution in [2.24, 2.45) is 5.92 Å². The molecule has 1 aromatic rings. The summed E-state index contributed by atoms with van der Waals surface area (Å²) in [6.45, 7) is 0.887. The van der Waals surface area contributed by atoms with Crippen molar-refractivity contribution >= 4 is 11.4 Å². The predicted molar refractivity (Wildman–Crippen MR) is 66.3 cm³/mol. The fourth-order valence-corrected chi connectivity index (χ4v) is 2.35. The maximum absolute atomic E-state index is 12.4. The minimum absolute atomic E-state index is 0.0195. The van der Waals surface area contributed by atoms with Crippen molar-refractivity contribution in [2.75, 3.05) is 17.6 Å². The Morgan fingerprint density at radius 3 is 2.59 bits per heavy atom. The molecule has 0 spiro atoms. The zero-order chi connectivity index (χ0) is 12.3. The number of rotatable bonds is 4. The van der Waals surface area contributed by atoms with Gasteiger partial charge in [-0.15, -0.1) is 0 Å². The molecule has 0 aliphatic heterocycles. The third-order valence-corrected chi connectivity index (χ3v) is 3.38. The monoisotopic (exact) mass is 240 g/mol. The second-order valence-corrected chi connectivity index (χ2v) is 4.68. The van der Waals surface area contributed by atoms with Crippen LogP contribution in [0.25, 0.3) is 0 Å². The van der Waals surface area contributed by atoms with Crippen LogP contribution in [0.5, 0.6) is 0 Å². The highest BCUT2D eigenvalue weighted by Crippen LogP contribution is 2.28. The molecule has 1 saturated carbocycles. The van der Waals surface area contributed by atoms with Gasteiger partial charge >= 0.3 is 0 Å². The Morgan fingerprint density at radius 1 is 1.29 bits per heavy atom. The van der Waals surface area contributed by atoms with Crippen LogP contribution in [0.1, 0.15) is 37.7 Å². The van der Waals surface area contributed by atoms with Crippen molar-refractivity contribution in [3.8, 4) is 0 Å². The van der Waals surface area contributed by atoms with Crippen LogP contribution < -0.4 is 11.1 Å². The number of halogens is 2. The molecule has 0 radical (unpaired) electrons. The molecule has 0 heterocycles. The van der Waals surface area contributed by atoms with Gasteiger partial charge in [0, 0.05) is 12.1 Å². The van der Waals surface area contributed by atoms with Crippen molar-refractivity contribution in [1.29, 1.82) is 0 Å². The van der Waals surface area contributed by atoms with Gasteiger partial charge in [0.1, 0.15) is 0 Å². The van der Waals surface area contributed by atoms with Crippen molar-refractivity contribution in [2.45, 2.75) is 32.1 Å². The highest BCUT2D eigenvalue weighted by Gasteiger charge is 2.15. The van der Waals surface area contributed by atoms with E-state index in [-0.39, 0.29) is 5.56 Å². The first kappa shape index (κ1) is 12.1. The van der Waals surface area contributed by atoms with Crippen LogP contribution in [0.4, 0.5) is 20.2 Å². The average Bonchev–Trinajstić information content (AvgIpc) is 2.80. The van der Waals surface area contributed by atoms with Crippen molar-refractivity contribution in [1.82, 2.24) is 0 Å². The molecule has 4 heteroatoms. The summed E-state index contributed by atoms with van der Waals surface area (Å²) in [5.41, 5.74) is 6.90. The van der Waals surface area contributed by atoms with Crippen LogP contribution in [0.3, 0.4) is 0 Å². The predicted octanol–water partition coefficient (Wildman–Crippen LogP) is 3.81. The molecular weight excluding hydrogens is 222 g/mol. The Balaban J connectivity index is 1.96. The van der Waals surface area contributed by atoms with E-state index < -0.39 is 6.43 Å². The lowest BCUT2D eigenvalue weighted by Gasteiger charge is -2.14. The molecule has 0 atom stereocenters. The summed E-state index contributed by atoms with van der Waals surface area (Å²) in [5.74, 6) is 0.698. The summed E-state index contributed by atoms with van der Waals surface area (Å²) in [6.07, 6.45) is 2.64. The lowest BCUT2D eigenvalue weighted by atomic mass is 10.1. The SMILES string of the molecule is Nc1cc(C(F)F)ccc1NCC1CCCC1. The first-order chi connectivity index (χ1) is 8.16. The van der Waals surface area contributed by atoms with Crippen molar-refractivity contribution in [3.63, 3.8) is 0 Å². The molecule has 2 rings (SSSR count). The van der Waals surface area contributed by atoms with Gasteiger partial charge in [0.2, 0.25) is 0 Å². The molecule has 0 unspecified atom stereocenters. The lowest BCUT2D eigenvalue weighted by Crippen LogP contribution is -2.12. The van der Waals surface area contributed by atoms with Crippen LogP contribution in [0.15, 0.2) is 18.2 Å². The van der Waals surface area contributed by atoms with Gasteiger partial charge in [0.25, 0.3) is 6.43 Å². The number of nitrogens with two attached hydrogens (primary N) is 1. The standard InChI is InChI=1S/C13H18F2N2/c14-13(15)10-5-6-12(11(16)7-10)17-8-9-3-1-2-4-9/h5-7,9,13,17H,1-4,8,16H2. The molecule has 0 bridgehead atoms. The van der Waals surface area contributed by atoms with Gasteiger partial charge < -0.3 is 11.1 Å². The number of alkyl halides is 2. The molecule has 17 heavy (non-hydrogen) atoms. The second kappa shape index (κ2) is 5.34. The second-order valence-electron chi connectivity index (χ2n) is 4.68. The van der Waals surface area contributed by atoms with Gasteiger partial charge in [-0.2, -0.15) is 0 Å². The fourth-order valence-electron chi connectivity index (χ4n) is 2.35. The Hall–Kier alpha value is -1.32. The molecule has 0 amide bonds. The Kier molecular flexibility index (Phi) is 3.82. The summed E-state index contributed by atoms with van der Waals surface area (Å²) in [7, 11) is 0. The van der Waals surface area contributed by atoms with Gasteiger partial charge in [-0.1, -0.05) is 18.9 Å². The smallest absolute Gasteiger partial charge is 0.263 e. The molecule has 1 aliphatic carbocycles. The van der Waals surface area contributed by atoms with Gasteiger partial charge in [-0.25, -0.2) is 8.78 Å². The Bertz CT molecular complexity index is 374. The van der Waals surface area contributed by atoms with Crippen molar-refractivity contribution < 1.29 is 8.78 Å². The summed E-state index contributed by atoms with van der Waals surface area (Å²) in [5, 5.41) is 3.25. The summed E-state index contributed by atoms with van der Waals surface area (Å²) in [4.78, 5) is 0. The first-order valence-corrected chi connectivity index (χ1v) is 6.08.